The summed E-state index contributed by atoms with van der Waals surface area (Å²) in [6.45, 7) is 7.15. The number of aryl methyl sites for hydroxylation is 1. The van der Waals surface area contributed by atoms with Gasteiger partial charge in [-0.3, -0.25) is 9.80 Å². The molecule has 0 saturated carbocycles. The van der Waals surface area contributed by atoms with Gasteiger partial charge in [0.2, 0.25) is 5.89 Å². The van der Waals surface area contributed by atoms with Crippen LogP contribution >= 0.6 is 11.6 Å². The predicted octanol–water partition coefficient (Wildman–Crippen LogP) is 4.59. The van der Waals surface area contributed by atoms with Gasteiger partial charge in [0.05, 0.1) is 17.6 Å². The fourth-order valence-corrected chi connectivity index (χ4v) is 4.99. The number of nitrogens with zero attached hydrogens (tertiary/aromatic N) is 6. The summed E-state index contributed by atoms with van der Waals surface area (Å²) < 4.78 is 11.8. The number of halogens is 1. The number of hydrogen-bond donors (Lipinski definition) is 1. The van der Waals surface area contributed by atoms with Gasteiger partial charge in [0.25, 0.3) is 0 Å². The van der Waals surface area contributed by atoms with Crippen molar-refractivity contribution in [3.05, 3.63) is 89.2 Å². The molecule has 1 atom stereocenters. The first-order chi connectivity index (χ1) is 19.5. The summed E-state index contributed by atoms with van der Waals surface area (Å²) >= 11 is 5.98. The Balaban J connectivity index is 0.960. The monoisotopic (exact) mass is 558 g/mol. The van der Waals surface area contributed by atoms with Gasteiger partial charge in [-0.1, -0.05) is 23.7 Å². The van der Waals surface area contributed by atoms with E-state index in [1.54, 1.807) is 16.9 Å². The number of ether oxygens (including phenoxy) is 1. The lowest BCUT2D eigenvalue weighted by molar-refractivity contribution is 0.0444. The molecule has 3 aromatic carbocycles. The van der Waals surface area contributed by atoms with Gasteiger partial charge in [0.15, 0.2) is 5.58 Å². The average molecular weight is 559 g/mol. The van der Waals surface area contributed by atoms with Gasteiger partial charge >= 0.3 is 0 Å². The lowest BCUT2D eigenvalue weighted by Gasteiger charge is -2.35. The van der Waals surface area contributed by atoms with Crippen LogP contribution in [0.5, 0.6) is 5.75 Å². The van der Waals surface area contributed by atoms with Gasteiger partial charge in [-0.2, -0.15) is 15.0 Å². The van der Waals surface area contributed by atoms with E-state index in [0.717, 1.165) is 49.7 Å². The summed E-state index contributed by atoms with van der Waals surface area (Å²) in [5, 5.41) is 20.4. The van der Waals surface area contributed by atoms with Crippen LogP contribution in [0.3, 0.4) is 0 Å². The predicted molar refractivity (Wildman–Crippen MR) is 154 cm³/mol. The molecule has 9 nitrogen and oxygen atoms in total. The van der Waals surface area contributed by atoms with Crippen molar-refractivity contribution >= 4 is 22.7 Å². The highest BCUT2D eigenvalue weighted by Gasteiger charge is 2.21. The molecule has 2 aromatic heterocycles. The lowest BCUT2D eigenvalue weighted by atomic mass is 10.2. The molecule has 0 radical (unpaired) electrons. The Hall–Kier alpha value is -3.76. The molecule has 0 aliphatic carbocycles. The van der Waals surface area contributed by atoms with Crippen LogP contribution in [-0.2, 0) is 6.54 Å². The fourth-order valence-electron chi connectivity index (χ4n) is 4.86. The van der Waals surface area contributed by atoms with Crippen molar-refractivity contribution in [3.8, 4) is 22.9 Å². The Kier molecular flexibility index (Phi) is 7.79. The minimum Gasteiger partial charge on any atom is -0.491 e. The van der Waals surface area contributed by atoms with Gasteiger partial charge < -0.3 is 14.3 Å². The van der Waals surface area contributed by atoms with E-state index in [2.05, 4.69) is 44.0 Å². The number of benzene rings is 3. The molecular formula is C30H31ClN6O3. The normalized spacial score (nSPS) is 15.5. The minimum atomic E-state index is -0.599. The van der Waals surface area contributed by atoms with Gasteiger partial charge in [-0.15, -0.1) is 0 Å². The molecule has 206 valence electrons. The third-order valence-corrected chi connectivity index (χ3v) is 7.24. The molecule has 0 bridgehead atoms. The van der Waals surface area contributed by atoms with E-state index in [0.29, 0.717) is 34.3 Å². The highest BCUT2D eigenvalue weighted by atomic mass is 35.5. The number of piperazine rings is 1. The molecule has 10 heteroatoms. The quantitative estimate of drug-likeness (QED) is 0.281. The molecule has 1 aliphatic rings. The van der Waals surface area contributed by atoms with Crippen molar-refractivity contribution in [2.24, 2.45) is 0 Å². The molecule has 0 unspecified atom stereocenters. The number of oxazole rings is 1. The second-order valence-electron chi connectivity index (χ2n) is 10.2. The Morgan fingerprint density at radius 2 is 1.80 bits per heavy atom. The Labute approximate surface area is 237 Å². The first-order valence-electron chi connectivity index (χ1n) is 13.4. The number of rotatable bonds is 9. The van der Waals surface area contributed by atoms with E-state index in [1.807, 2.05) is 48.7 Å². The van der Waals surface area contributed by atoms with Crippen molar-refractivity contribution in [2.75, 3.05) is 39.3 Å². The number of aromatic nitrogens is 4. The molecule has 3 heterocycles. The maximum atomic E-state index is 10.6. The van der Waals surface area contributed by atoms with E-state index < -0.39 is 6.10 Å². The van der Waals surface area contributed by atoms with E-state index in [-0.39, 0.29) is 6.61 Å². The van der Waals surface area contributed by atoms with Crippen LogP contribution in [0, 0.1) is 6.92 Å². The average Bonchev–Trinajstić information content (AvgIpc) is 3.60. The second kappa shape index (κ2) is 11.8. The SMILES string of the molecule is Cc1cccc(-n2ncc(CN3CCN(C[C@@H](O)COc4ccc5oc(-c6ccc(Cl)cc6)nc5c4)CC3)n2)c1. The van der Waals surface area contributed by atoms with Crippen molar-refractivity contribution in [1.82, 2.24) is 29.8 Å². The standard InChI is InChI=1S/C30H31ClN6O3/c1-21-3-2-4-25(15-21)37-32-17-24(34-37)18-35-11-13-36(14-12-35)19-26(38)20-39-27-9-10-29-28(16-27)33-30(40-29)22-5-7-23(31)8-6-22/h2-10,15-17,26,38H,11-14,18-20H2,1H3/t26-/m1/s1. The molecule has 1 N–H and O–H groups in total. The Morgan fingerprint density at radius 1 is 1.00 bits per heavy atom. The van der Waals surface area contributed by atoms with E-state index in [1.165, 1.54) is 5.56 Å². The molecule has 5 aromatic rings. The van der Waals surface area contributed by atoms with Crippen molar-refractivity contribution < 1.29 is 14.3 Å². The van der Waals surface area contributed by atoms with Crippen LogP contribution in [-0.4, -0.2) is 80.3 Å². The first kappa shape index (κ1) is 26.5. The van der Waals surface area contributed by atoms with E-state index >= 15 is 0 Å². The Morgan fingerprint density at radius 3 is 2.60 bits per heavy atom. The van der Waals surface area contributed by atoms with Crippen LogP contribution < -0.4 is 4.74 Å². The highest BCUT2D eigenvalue weighted by molar-refractivity contribution is 6.30. The number of fused-ring (bicyclic) bond motifs is 1. The van der Waals surface area contributed by atoms with E-state index in [9.17, 15) is 5.11 Å². The molecule has 0 spiro atoms. The van der Waals surface area contributed by atoms with Crippen molar-refractivity contribution in [1.29, 1.82) is 0 Å². The van der Waals surface area contributed by atoms with Crippen LogP contribution in [0.25, 0.3) is 28.2 Å². The zero-order valence-corrected chi connectivity index (χ0v) is 23.0. The summed E-state index contributed by atoms with van der Waals surface area (Å²) in [6, 6.07) is 21.0. The maximum Gasteiger partial charge on any atom is 0.227 e. The molecule has 6 rings (SSSR count). The largest absolute Gasteiger partial charge is 0.491 e. The lowest BCUT2D eigenvalue weighted by Crippen LogP contribution is -2.48. The summed E-state index contributed by atoms with van der Waals surface area (Å²) in [5.74, 6) is 1.17. The third kappa shape index (κ3) is 6.34. The highest BCUT2D eigenvalue weighted by Crippen LogP contribution is 2.28. The second-order valence-corrected chi connectivity index (χ2v) is 10.6. The van der Waals surface area contributed by atoms with E-state index in [4.69, 9.17) is 20.8 Å². The number of hydrogen-bond acceptors (Lipinski definition) is 8. The molecular weight excluding hydrogens is 528 g/mol. The molecule has 40 heavy (non-hydrogen) atoms. The van der Waals surface area contributed by atoms with Gasteiger partial charge in [0.1, 0.15) is 24.0 Å². The maximum absolute atomic E-state index is 10.6. The van der Waals surface area contributed by atoms with Gasteiger partial charge in [-0.25, -0.2) is 4.98 Å². The summed E-state index contributed by atoms with van der Waals surface area (Å²) in [7, 11) is 0. The summed E-state index contributed by atoms with van der Waals surface area (Å²) in [4.78, 5) is 10.9. The van der Waals surface area contributed by atoms with Crippen molar-refractivity contribution in [3.63, 3.8) is 0 Å². The van der Waals surface area contributed by atoms with Gasteiger partial charge in [-0.05, 0) is 61.0 Å². The summed E-state index contributed by atoms with van der Waals surface area (Å²) in [6.07, 6.45) is 1.24. The number of β-amino-alcohol motifs (C(OH)–C–C–N with tert-alkyl or cyclic N) is 1. The van der Waals surface area contributed by atoms with Crippen LogP contribution in [0.1, 0.15) is 11.3 Å². The number of aliphatic hydroxyl groups is 1. The minimum absolute atomic E-state index is 0.204. The van der Waals surface area contributed by atoms with Crippen molar-refractivity contribution in [2.45, 2.75) is 19.6 Å². The zero-order valence-electron chi connectivity index (χ0n) is 22.3. The molecule has 1 aliphatic heterocycles. The van der Waals surface area contributed by atoms with Gasteiger partial charge in [0, 0.05) is 55.9 Å². The molecule has 1 saturated heterocycles. The third-order valence-electron chi connectivity index (χ3n) is 6.98. The molecule has 0 amide bonds. The fraction of sp³-hybridized carbons (Fsp3) is 0.300. The van der Waals surface area contributed by atoms with Crippen LogP contribution in [0.4, 0.5) is 0 Å². The summed E-state index contributed by atoms with van der Waals surface area (Å²) in [5.41, 5.74) is 5.33. The van der Waals surface area contributed by atoms with Crippen LogP contribution in [0.15, 0.2) is 77.3 Å². The Bertz CT molecular complexity index is 1580. The topological polar surface area (TPSA) is 92.7 Å². The smallest absolute Gasteiger partial charge is 0.227 e. The molecule has 1 fully saturated rings. The van der Waals surface area contributed by atoms with Crippen LogP contribution in [0.2, 0.25) is 5.02 Å². The zero-order chi connectivity index (χ0) is 27.5. The first-order valence-corrected chi connectivity index (χ1v) is 13.8. The number of aliphatic hydroxyl groups excluding tert-OH is 1.